The number of para-hydroxylation sites is 1. The smallest absolute Gasteiger partial charge is 0.251 e. The molecule has 0 atom stereocenters. The van der Waals surface area contributed by atoms with Gasteiger partial charge in [-0.25, -0.2) is 0 Å². The maximum absolute atomic E-state index is 13.0. The summed E-state index contributed by atoms with van der Waals surface area (Å²) in [5.74, 6) is -0.0634. The zero-order chi connectivity index (χ0) is 19.2. The van der Waals surface area contributed by atoms with Gasteiger partial charge in [-0.1, -0.05) is 78.9 Å². The molecule has 1 aromatic heterocycles. The number of carbonyl (C=O) groups is 1. The zero-order valence-electron chi connectivity index (χ0n) is 15.6. The fourth-order valence-corrected chi connectivity index (χ4v) is 3.33. The molecule has 0 fully saturated rings. The number of hydrogen-bond donors (Lipinski definition) is 1. The van der Waals surface area contributed by atoms with E-state index in [1.54, 1.807) is 0 Å². The molecule has 0 bridgehead atoms. The molecule has 3 aromatic carbocycles. The average molecular weight is 366 g/mol. The van der Waals surface area contributed by atoms with Gasteiger partial charge in [0.1, 0.15) is 0 Å². The lowest BCUT2D eigenvalue weighted by Gasteiger charge is -2.11. The molecule has 1 amide bonds. The lowest BCUT2D eigenvalue weighted by atomic mass is 10.0. The molecule has 3 nitrogen and oxygen atoms in total. The summed E-state index contributed by atoms with van der Waals surface area (Å²) < 4.78 is 2.17. The molecule has 0 saturated carbocycles. The van der Waals surface area contributed by atoms with Crippen LogP contribution in [0.2, 0.25) is 0 Å². The molecule has 0 spiro atoms. The van der Waals surface area contributed by atoms with Crippen molar-refractivity contribution in [3.05, 3.63) is 108 Å². The Kier molecular flexibility index (Phi) is 5.34. The number of amides is 1. The van der Waals surface area contributed by atoms with Gasteiger partial charge in [0.15, 0.2) is 0 Å². The van der Waals surface area contributed by atoms with E-state index in [-0.39, 0.29) is 5.91 Å². The molecule has 0 unspecified atom stereocenters. The van der Waals surface area contributed by atoms with Gasteiger partial charge in [0.25, 0.3) is 5.91 Å². The van der Waals surface area contributed by atoms with Crippen LogP contribution in [0.5, 0.6) is 0 Å². The van der Waals surface area contributed by atoms with Crippen molar-refractivity contribution in [2.24, 2.45) is 0 Å². The Balaban J connectivity index is 1.50. The summed E-state index contributed by atoms with van der Waals surface area (Å²) in [5.41, 5.74) is 3.77. The van der Waals surface area contributed by atoms with Crippen molar-refractivity contribution in [2.75, 3.05) is 6.54 Å². The SMILES string of the molecule is O=C(NCCn1ccc2ccccc21)/C(=C\c1ccccc1)c1ccccc1. The summed E-state index contributed by atoms with van der Waals surface area (Å²) in [7, 11) is 0. The van der Waals surface area contributed by atoms with Gasteiger partial charge in [-0.2, -0.15) is 0 Å². The maximum atomic E-state index is 13.0. The van der Waals surface area contributed by atoms with Gasteiger partial charge in [-0.3, -0.25) is 4.79 Å². The first-order chi connectivity index (χ1) is 13.8. The number of fused-ring (bicyclic) bond motifs is 1. The monoisotopic (exact) mass is 366 g/mol. The second-order valence-electron chi connectivity index (χ2n) is 6.66. The molecule has 1 heterocycles. The lowest BCUT2D eigenvalue weighted by molar-refractivity contribution is -0.115. The maximum Gasteiger partial charge on any atom is 0.251 e. The van der Waals surface area contributed by atoms with Crippen LogP contribution in [0, 0.1) is 0 Å². The molecule has 0 aliphatic rings. The van der Waals surface area contributed by atoms with Gasteiger partial charge in [0.05, 0.1) is 0 Å². The Morgan fingerprint density at radius 3 is 2.29 bits per heavy atom. The normalized spacial score (nSPS) is 11.5. The van der Waals surface area contributed by atoms with Crippen LogP contribution in [0.3, 0.4) is 0 Å². The van der Waals surface area contributed by atoms with Crippen LogP contribution in [-0.4, -0.2) is 17.0 Å². The number of carbonyl (C=O) groups excluding carboxylic acids is 1. The third kappa shape index (κ3) is 4.04. The van der Waals surface area contributed by atoms with E-state index < -0.39 is 0 Å². The molecular formula is C25H22N2O. The molecule has 1 N–H and O–H groups in total. The minimum atomic E-state index is -0.0634. The van der Waals surface area contributed by atoms with Crippen molar-refractivity contribution in [3.63, 3.8) is 0 Å². The van der Waals surface area contributed by atoms with Crippen LogP contribution in [0.15, 0.2) is 97.2 Å². The van der Waals surface area contributed by atoms with Crippen molar-refractivity contribution >= 4 is 28.5 Å². The van der Waals surface area contributed by atoms with Crippen molar-refractivity contribution < 1.29 is 4.79 Å². The average Bonchev–Trinajstić information content (AvgIpc) is 3.16. The summed E-state index contributed by atoms with van der Waals surface area (Å²) in [5, 5.41) is 4.29. The molecule has 3 heteroatoms. The summed E-state index contributed by atoms with van der Waals surface area (Å²) in [6.45, 7) is 1.29. The first-order valence-electron chi connectivity index (χ1n) is 9.45. The third-order valence-electron chi connectivity index (χ3n) is 4.76. The highest BCUT2D eigenvalue weighted by Crippen LogP contribution is 2.19. The van der Waals surface area contributed by atoms with Gasteiger partial charge in [0, 0.05) is 30.4 Å². The summed E-state index contributed by atoms with van der Waals surface area (Å²) >= 11 is 0. The van der Waals surface area contributed by atoms with Crippen LogP contribution >= 0.6 is 0 Å². The summed E-state index contributed by atoms with van der Waals surface area (Å²) in [4.78, 5) is 13.0. The quantitative estimate of drug-likeness (QED) is 0.378. The Morgan fingerprint density at radius 2 is 1.50 bits per heavy atom. The molecular weight excluding hydrogens is 344 g/mol. The molecule has 4 rings (SSSR count). The van der Waals surface area contributed by atoms with E-state index in [0.717, 1.165) is 17.7 Å². The highest BCUT2D eigenvalue weighted by atomic mass is 16.1. The van der Waals surface area contributed by atoms with Crippen LogP contribution in [0.1, 0.15) is 11.1 Å². The molecule has 0 aliphatic carbocycles. The largest absolute Gasteiger partial charge is 0.350 e. The van der Waals surface area contributed by atoms with E-state index in [0.29, 0.717) is 12.1 Å². The summed E-state index contributed by atoms with van der Waals surface area (Å²) in [6.07, 6.45) is 4.00. The van der Waals surface area contributed by atoms with Gasteiger partial charge < -0.3 is 9.88 Å². The Bertz CT molecular complexity index is 1100. The van der Waals surface area contributed by atoms with Crippen molar-refractivity contribution in [3.8, 4) is 0 Å². The van der Waals surface area contributed by atoms with Crippen molar-refractivity contribution in [2.45, 2.75) is 6.54 Å². The molecule has 28 heavy (non-hydrogen) atoms. The fourth-order valence-electron chi connectivity index (χ4n) is 3.33. The van der Waals surface area contributed by atoms with E-state index in [4.69, 9.17) is 0 Å². The first kappa shape index (κ1) is 17.8. The number of aromatic nitrogens is 1. The topological polar surface area (TPSA) is 34.0 Å². The molecule has 0 aliphatic heterocycles. The molecule has 0 saturated heterocycles. The first-order valence-corrected chi connectivity index (χ1v) is 9.45. The van der Waals surface area contributed by atoms with Crippen LogP contribution < -0.4 is 5.32 Å². The minimum absolute atomic E-state index is 0.0634. The fraction of sp³-hybridized carbons (Fsp3) is 0.0800. The Morgan fingerprint density at radius 1 is 0.821 bits per heavy atom. The zero-order valence-corrected chi connectivity index (χ0v) is 15.6. The van der Waals surface area contributed by atoms with E-state index in [1.165, 1.54) is 10.9 Å². The van der Waals surface area contributed by atoms with E-state index in [2.05, 4.69) is 34.3 Å². The van der Waals surface area contributed by atoms with Crippen LogP contribution in [0.4, 0.5) is 0 Å². The van der Waals surface area contributed by atoms with Gasteiger partial charge in [-0.15, -0.1) is 0 Å². The molecule has 4 aromatic rings. The predicted octanol–water partition coefficient (Wildman–Crippen LogP) is 5.00. The standard InChI is InChI=1S/C25H22N2O/c28-25(26-16-18-27-17-15-22-13-7-8-14-24(22)27)23(21-11-5-2-6-12-21)19-20-9-3-1-4-10-20/h1-15,17,19H,16,18H2,(H,26,28)/b23-19-. The van der Waals surface area contributed by atoms with Crippen molar-refractivity contribution in [1.82, 2.24) is 9.88 Å². The Labute approximate surface area is 164 Å². The second kappa shape index (κ2) is 8.40. The van der Waals surface area contributed by atoms with Crippen LogP contribution in [-0.2, 0) is 11.3 Å². The van der Waals surface area contributed by atoms with Crippen molar-refractivity contribution in [1.29, 1.82) is 0 Å². The van der Waals surface area contributed by atoms with E-state index in [1.807, 2.05) is 78.9 Å². The number of benzene rings is 3. The molecule has 0 radical (unpaired) electrons. The highest BCUT2D eigenvalue weighted by Gasteiger charge is 2.12. The lowest BCUT2D eigenvalue weighted by Crippen LogP contribution is -2.27. The Hall–Kier alpha value is -3.59. The summed E-state index contributed by atoms with van der Waals surface area (Å²) in [6, 6.07) is 30.1. The predicted molar refractivity (Wildman–Crippen MR) is 116 cm³/mol. The third-order valence-corrected chi connectivity index (χ3v) is 4.76. The number of nitrogens with one attached hydrogen (secondary N) is 1. The van der Waals surface area contributed by atoms with E-state index >= 15 is 0 Å². The van der Waals surface area contributed by atoms with E-state index in [9.17, 15) is 4.79 Å². The second-order valence-corrected chi connectivity index (χ2v) is 6.66. The number of hydrogen-bond acceptors (Lipinski definition) is 1. The van der Waals surface area contributed by atoms with Crippen LogP contribution in [0.25, 0.3) is 22.6 Å². The number of rotatable bonds is 6. The van der Waals surface area contributed by atoms with Gasteiger partial charge in [-0.05, 0) is 34.7 Å². The highest BCUT2D eigenvalue weighted by molar-refractivity contribution is 6.24. The number of nitrogens with zero attached hydrogens (tertiary/aromatic N) is 1. The molecule has 138 valence electrons. The van der Waals surface area contributed by atoms with Gasteiger partial charge >= 0.3 is 0 Å². The minimum Gasteiger partial charge on any atom is -0.350 e. The van der Waals surface area contributed by atoms with Gasteiger partial charge in [0.2, 0.25) is 0 Å².